The van der Waals surface area contributed by atoms with Crippen LogP contribution in [0.2, 0.25) is 0 Å². The Balaban J connectivity index is 1.99. The van der Waals surface area contributed by atoms with Crippen molar-refractivity contribution in [3.8, 4) is 0 Å². The Morgan fingerprint density at radius 3 is 2.76 bits per heavy atom. The van der Waals surface area contributed by atoms with Crippen LogP contribution in [0.15, 0.2) is 29.2 Å². The molecule has 0 radical (unpaired) electrons. The number of aliphatic hydroxyl groups excluding tert-OH is 1. The number of thiol groups is 1. The van der Waals surface area contributed by atoms with Crippen LogP contribution in [0.25, 0.3) is 0 Å². The van der Waals surface area contributed by atoms with Gasteiger partial charge in [-0.15, -0.1) is 12.6 Å². The molecule has 0 bridgehead atoms. The maximum atomic E-state index is 12.1. The summed E-state index contributed by atoms with van der Waals surface area (Å²) in [5, 5.41) is 9.18. The van der Waals surface area contributed by atoms with E-state index in [0.717, 1.165) is 29.8 Å². The lowest BCUT2D eigenvalue weighted by atomic mass is 10.1. The van der Waals surface area contributed by atoms with E-state index in [1.807, 2.05) is 24.3 Å². The van der Waals surface area contributed by atoms with Crippen LogP contribution < -0.4 is 0 Å². The summed E-state index contributed by atoms with van der Waals surface area (Å²) in [6.07, 6.45) is 2.31. The van der Waals surface area contributed by atoms with Crippen LogP contribution in [0.3, 0.4) is 0 Å². The summed E-state index contributed by atoms with van der Waals surface area (Å²) in [7, 11) is 0. The van der Waals surface area contributed by atoms with Crippen LogP contribution in [0, 0.1) is 0 Å². The van der Waals surface area contributed by atoms with Crippen molar-refractivity contribution >= 4 is 18.5 Å². The van der Waals surface area contributed by atoms with E-state index >= 15 is 0 Å². The third-order valence-corrected chi connectivity index (χ3v) is 3.50. The molecule has 1 heterocycles. The molecule has 0 aliphatic carbocycles. The zero-order chi connectivity index (χ0) is 12.3. The fourth-order valence-corrected chi connectivity index (χ4v) is 2.39. The predicted octanol–water partition coefficient (Wildman–Crippen LogP) is 1.50. The van der Waals surface area contributed by atoms with E-state index in [1.54, 1.807) is 4.90 Å². The number of carbonyl (C=O) groups is 1. The summed E-state index contributed by atoms with van der Waals surface area (Å²) in [6.45, 7) is 0.843. The first-order chi connectivity index (χ1) is 8.20. The third kappa shape index (κ3) is 3.01. The van der Waals surface area contributed by atoms with E-state index in [1.165, 1.54) is 0 Å². The number of benzene rings is 1. The van der Waals surface area contributed by atoms with Crippen LogP contribution in [-0.2, 0) is 11.2 Å². The lowest BCUT2D eigenvalue weighted by molar-refractivity contribution is -0.131. The van der Waals surface area contributed by atoms with Gasteiger partial charge in [0, 0.05) is 11.4 Å². The summed E-state index contributed by atoms with van der Waals surface area (Å²) >= 11 is 4.21. The molecule has 1 aromatic rings. The molecule has 0 spiro atoms. The normalized spacial score (nSPS) is 19.6. The minimum absolute atomic E-state index is 0.0200. The van der Waals surface area contributed by atoms with Crippen LogP contribution in [0.4, 0.5) is 0 Å². The van der Waals surface area contributed by atoms with E-state index in [-0.39, 0.29) is 18.6 Å². The van der Waals surface area contributed by atoms with E-state index in [9.17, 15) is 9.90 Å². The van der Waals surface area contributed by atoms with Gasteiger partial charge in [0.05, 0.1) is 19.1 Å². The number of nitrogens with zero attached hydrogens (tertiary/aromatic N) is 1. The van der Waals surface area contributed by atoms with E-state index in [2.05, 4.69) is 12.6 Å². The number of carbonyl (C=O) groups excluding carboxylic acids is 1. The second-order valence-corrected chi connectivity index (χ2v) is 4.93. The smallest absolute Gasteiger partial charge is 0.227 e. The van der Waals surface area contributed by atoms with Gasteiger partial charge in [0.2, 0.25) is 5.91 Å². The second-order valence-electron chi connectivity index (χ2n) is 4.41. The Morgan fingerprint density at radius 1 is 1.41 bits per heavy atom. The van der Waals surface area contributed by atoms with Crippen molar-refractivity contribution in [2.45, 2.75) is 30.2 Å². The Kier molecular flexibility index (Phi) is 4.07. The maximum absolute atomic E-state index is 12.1. The molecular weight excluding hydrogens is 234 g/mol. The van der Waals surface area contributed by atoms with Crippen LogP contribution in [0.1, 0.15) is 18.4 Å². The number of hydrogen-bond acceptors (Lipinski definition) is 3. The average Bonchev–Trinajstić information content (AvgIpc) is 2.80. The SMILES string of the molecule is O=C(Cc1ccc(S)cc1)N1CCCC1CO. The van der Waals surface area contributed by atoms with Crippen molar-refractivity contribution in [1.29, 1.82) is 0 Å². The quantitative estimate of drug-likeness (QED) is 0.799. The Labute approximate surface area is 107 Å². The molecule has 1 saturated heterocycles. The zero-order valence-corrected chi connectivity index (χ0v) is 10.6. The molecule has 1 aliphatic heterocycles. The number of aliphatic hydroxyl groups is 1. The van der Waals surface area contributed by atoms with Gasteiger partial charge in [0.1, 0.15) is 0 Å². The van der Waals surface area contributed by atoms with Gasteiger partial charge in [0.15, 0.2) is 0 Å². The van der Waals surface area contributed by atoms with Crippen molar-refractivity contribution in [2.24, 2.45) is 0 Å². The monoisotopic (exact) mass is 251 g/mol. The molecule has 3 nitrogen and oxygen atoms in total. The molecule has 4 heteroatoms. The van der Waals surface area contributed by atoms with Crippen molar-refractivity contribution in [3.63, 3.8) is 0 Å². The van der Waals surface area contributed by atoms with Gasteiger partial charge in [-0.3, -0.25) is 4.79 Å². The summed E-state index contributed by atoms with van der Waals surface area (Å²) in [5.74, 6) is 0.105. The molecule has 1 unspecified atom stereocenters. The third-order valence-electron chi connectivity index (χ3n) is 3.20. The number of rotatable bonds is 3. The molecule has 0 saturated carbocycles. The Hall–Kier alpha value is -1.00. The zero-order valence-electron chi connectivity index (χ0n) is 9.67. The molecular formula is C13H17NO2S. The highest BCUT2D eigenvalue weighted by molar-refractivity contribution is 7.80. The van der Waals surface area contributed by atoms with Crippen molar-refractivity contribution in [3.05, 3.63) is 29.8 Å². The summed E-state index contributed by atoms with van der Waals surface area (Å²) < 4.78 is 0. The number of hydrogen-bond donors (Lipinski definition) is 2. The maximum Gasteiger partial charge on any atom is 0.227 e. The molecule has 1 aliphatic rings. The van der Waals surface area contributed by atoms with Crippen LogP contribution in [-0.4, -0.2) is 35.1 Å². The van der Waals surface area contributed by atoms with Gasteiger partial charge >= 0.3 is 0 Å². The topological polar surface area (TPSA) is 40.5 Å². The summed E-state index contributed by atoms with van der Waals surface area (Å²) in [6, 6.07) is 7.64. The highest BCUT2D eigenvalue weighted by Gasteiger charge is 2.27. The fraction of sp³-hybridized carbons (Fsp3) is 0.462. The minimum Gasteiger partial charge on any atom is -0.394 e. The molecule has 1 amide bonds. The number of likely N-dealkylation sites (tertiary alicyclic amines) is 1. The Morgan fingerprint density at radius 2 is 2.12 bits per heavy atom. The van der Waals surface area contributed by atoms with Gasteiger partial charge in [-0.2, -0.15) is 0 Å². The lowest BCUT2D eigenvalue weighted by Crippen LogP contribution is -2.38. The van der Waals surface area contributed by atoms with Gasteiger partial charge in [-0.1, -0.05) is 12.1 Å². The average molecular weight is 251 g/mol. The van der Waals surface area contributed by atoms with Crippen molar-refractivity contribution < 1.29 is 9.90 Å². The second kappa shape index (κ2) is 5.56. The summed E-state index contributed by atoms with van der Waals surface area (Å²) in [5.41, 5.74) is 0.997. The molecule has 1 N–H and O–H groups in total. The number of amides is 1. The van der Waals surface area contributed by atoms with Gasteiger partial charge in [0.25, 0.3) is 0 Å². The van der Waals surface area contributed by atoms with Gasteiger partial charge in [-0.05, 0) is 30.5 Å². The highest BCUT2D eigenvalue weighted by Crippen LogP contribution is 2.18. The highest BCUT2D eigenvalue weighted by atomic mass is 32.1. The van der Waals surface area contributed by atoms with E-state index in [0.29, 0.717) is 6.42 Å². The molecule has 17 heavy (non-hydrogen) atoms. The standard InChI is InChI=1S/C13H17NO2S/c15-9-11-2-1-7-14(11)13(16)8-10-3-5-12(17)6-4-10/h3-6,11,15,17H,1-2,7-9H2. The Bertz CT molecular complexity index is 391. The van der Waals surface area contributed by atoms with E-state index in [4.69, 9.17) is 0 Å². The van der Waals surface area contributed by atoms with Gasteiger partial charge < -0.3 is 10.0 Å². The summed E-state index contributed by atoms with van der Waals surface area (Å²) in [4.78, 5) is 14.8. The van der Waals surface area contributed by atoms with E-state index < -0.39 is 0 Å². The molecule has 2 rings (SSSR count). The lowest BCUT2D eigenvalue weighted by Gasteiger charge is -2.23. The first kappa shape index (κ1) is 12.5. The molecule has 0 aromatic heterocycles. The first-order valence-corrected chi connectivity index (χ1v) is 6.33. The fourth-order valence-electron chi connectivity index (χ4n) is 2.24. The molecule has 1 fully saturated rings. The largest absolute Gasteiger partial charge is 0.394 e. The minimum atomic E-state index is 0.0200. The van der Waals surface area contributed by atoms with Gasteiger partial charge in [-0.25, -0.2) is 0 Å². The van der Waals surface area contributed by atoms with Crippen molar-refractivity contribution in [2.75, 3.05) is 13.2 Å². The molecule has 92 valence electrons. The van der Waals surface area contributed by atoms with Crippen LogP contribution in [0.5, 0.6) is 0 Å². The predicted molar refractivity (Wildman–Crippen MR) is 69.2 cm³/mol. The first-order valence-electron chi connectivity index (χ1n) is 5.89. The molecule has 1 atom stereocenters. The van der Waals surface area contributed by atoms with Crippen molar-refractivity contribution in [1.82, 2.24) is 4.90 Å². The van der Waals surface area contributed by atoms with Crippen LogP contribution >= 0.6 is 12.6 Å². The molecule has 1 aromatic carbocycles.